The fourth-order valence-corrected chi connectivity index (χ4v) is 3.57. The molecule has 0 radical (unpaired) electrons. The van der Waals surface area contributed by atoms with Crippen molar-refractivity contribution in [2.24, 2.45) is 0 Å². The molecule has 2 aromatic heterocycles. The number of nitrogens with zero attached hydrogens (tertiary/aromatic N) is 3. The fourth-order valence-electron chi connectivity index (χ4n) is 2.98. The zero-order valence-electron chi connectivity index (χ0n) is 14.6. The highest BCUT2D eigenvalue weighted by atomic mass is 32.1. The summed E-state index contributed by atoms with van der Waals surface area (Å²) in [5.74, 6) is -0.565. The quantitative estimate of drug-likeness (QED) is 0.567. The molecular weight excluding hydrogens is 363 g/mol. The second kappa shape index (κ2) is 7.28. The third-order valence-electron chi connectivity index (χ3n) is 4.34. The van der Waals surface area contributed by atoms with E-state index in [-0.39, 0.29) is 17.8 Å². The van der Waals surface area contributed by atoms with Crippen LogP contribution in [0.5, 0.6) is 0 Å². The molecule has 0 aliphatic heterocycles. The van der Waals surface area contributed by atoms with Crippen LogP contribution in [0.15, 0.2) is 60.2 Å². The van der Waals surface area contributed by atoms with Gasteiger partial charge in [-0.15, -0.1) is 11.3 Å². The Hall–Kier alpha value is -3.06. The highest BCUT2D eigenvalue weighted by Crippen LogP contribution is 2.20. The summed E-state index contributed by atoms with van der Waals surface area (Å²) in [5, 5.41) is 5.59. The Morgan fingerprint density at radius 3 is 2.74 bits per heavy atom. The number of amides is 1. The lowest BCUT2D eigenvalue weighted by Crippen LogP contribution is -2.31. The molecule has 7 heteroatoms. The number of aryl methyl sites for hydroxylation is 1. The number of para-hydroxylation sites is 2. The molecule has 0 bridgehead atoms. The van der Waals surface area contributed by atoms with Gasteiger partial charge in [0, 0.05) is 11.9 Å². The van der Waals surface area contributed by atoms with Gasteiger partial charge >= 0.3 is 0 Å². The van der Waals surface area contributed by atoms with Crippen molar-refractivity contribution in [2.45, 2.75) is 19.5 Å². The van der Waals surface area contributed by atoms with Gasteiger partial charge in [0.05, 0.1) is 28.4 Å². The zero-order valence-corrected chi connectivity index (χ0v) is 15.4. The van der Waals surface area contributed by atoms with Crippen LogP contribution in [0.25, 0.3) is 11.0 Å². The molecule has 1 N–H and O–H groups in total. The number of carbonyl (C=O) groups is 1. The predicted molar refractivity (Wildman–Crippen MR) is 103 cm³/mol. The molecule has 0 spiro atoms. The van der Waals surface area contributed by atoms with Gasteiger partial charge in [0.15, 0.2) is 0 Å². The summed E-state index contributed by atoms with van der Waals surface area (Å²) in [4.78, 5) is 21.3. The van der Waals surface area contributed by atoms with Gasteiger partial charge in [0.25, 0.3) is 5.91 Å². The molecule has 0 saturated carbocycles. The predicted octanol–water partition coefficient (Wildman–Crippen LogP) is 4.11. The van der Waals surface area contributed by atoms with Crippen molar-refractivity contribution < 1.29 is 9.18 Å². The van der Waals surface area contributed by atoms with Crippen molar-refractivity contribution in [2.75, 3.05) is 0 Å². The van der Waals surface area contributed by atoms with Gasteiger partial charge in [-0.25, -0.2) is 14.4 Å². The van der Waals surface area contributed by atoms with Crippen LogP contribution < -0.4 is 5.32 Å². The molecule has 0 fully saturated rings. The number of hydrogen-bond donors (Lipinski definition) is 1. The largest absolute Gasteiger partial charge is 0.342 e. The molecule has 2 aromatic carbocycles. The summed E-state index contributed by atoms with van der Waals surface area (Å²) in [6.45, 7) is 2.33. The van der Waals surface area contributed by atoms with Gasteiger partial charge < -0.3 is 9.88 Å². The maximum absolute atomic E-state index is 13.4. The Bertz CT molecular complexity index is 1090. The third-order valence-corrected chi connectivity index (χ3v) is 5.11. The minimum Gasteiger partial charge on any atom is -0.342 e. The number of imidazole rings is 1. The van der Waals surface area contributed by atoms with Gasteiger partial charge in [-0.1, -0.05) is 24.3 Å². The van der Waals surface area contributed by atoms with Crippen LogP contribution in [-0.4, -0.2) is 20.4 Å². The lowest BCUT2D eigenvalue weighted by Gasteiger charge is -2.20. The zero-order chi connectivity index (χ0) is 18.8. The van der Waals surface area contributed by atoms with E-state index in [1.165, 1.54) is 23.5 Å². The smallest absolute Gasteiger partial charge is 0.271 e. The van der Waals surface area contributed by atoms with E-state index in [0.29, 0.717) is 12.2 Å². The highest BCUT2D eigenvalue weighted by molar-refractivity contribution is 7.09. The first kappa shape index (κ1) is 17.4. The van der Waals surface area contributed by atoms with E-state index < -0.39 is 0 Å². The standard InChI is InChI=1S/C20H17FN4OS/c1-13-23-18(11-27-13)20(26)24-17(14-6-8-15(21)9-7-14)10-25-12-22-16-4-2-3-5-19(16)25/h2-9,11-12,17H,10H2,1H3,(H,24,26)/t17-/m0/s1. The number of hydrogen-bond acceptors (Lipinski definition) is 4. The average Bonchev–Trinajstić information content (AvgIpc) is 3.28. The van der Waals surface area contributed by atoms with Gasteiger partial charge in [0.1, 0.15) is 11.5 Å². The molecule has 0 aliphatic rings. The number of rotatable bonds is 5. The molecule has 0 saturated heterocycles. The first-order valence-corrected chi connectivity index (χ1v) is 9.36. The first-order valence-electron chi connectivity index (χ1n) is 8.48. The molecule has 136 valence electrons. The van der Waals surface area contributed by atoms with Crippen molar-refractivity contribution in [3.63, 3.8) is 0 Å². The topological polar surface area (TPSA) is 59.8 Å². The van der Waals surface area contributed by atoms with Crippen molar-refractivity contribution >= 4 is 28.3 Å². The molecular formula is C20H17FN4OS. The molecule has 4 rings (SSSR count). The minimum atomic E-state index is -0.349. The highest BCUT2D eigenvalue weighted by Gasteiger charge is 2.19. The van der Waals surface area contributed by atoms with Crippen LogP contribution in [0, 0.1) is 12.7 Å². The summed E-state index contributed by atoms with van der Waals surface area (Å²) >= 11 is 1.43. The van der Waals surface area contributed by atoms with Crippen LogP contribution in [0.2, 0.25) is 0 Å². The van der Waals surface area contributed by atoms with Crippen molar-refractivity contribution in [1.82, 2.24) is 19.9 Å². The lowest BCUT2D eigenvalue weighted by atomic mass is 10.1. The van der Waals surface area contributed by atoms with E-state index in [2.05, 4.69) is 15.3 Å². The van der Waals surface area contributed by atoms with Crippen LogP contribution in [0.1, 0.15) is 27.1 Å². The second-order valence-electron chi connectivity index (χ2n) is 6.22. The van der Waals surface area contributed by atoms with Crippen molar-refractivity contribution in [1.29, 1.82) is 0 Å². The Morgan fingerprint density at radius 1 is 1.22 bits per heavy atom. The number of benzene rings is 2. The van der Waals surface area contributed by atoms with Gasteiger partial charge in [-0.05, 0) is 36.8 Å². The number of aromatic nitrogens is 3. The van der Waals surface area contributed by atoms with Gasteiger partial charge in [-0.3, -0.25) is 4.79 Å². The second-order valence-corrected chi connectivity index (χ2v) is 7.28. The molecule has 1 atom stereocenters. The van der Waals surface area contributed by atoms with Crippen LogP contribution in [0.3, 0.4) is 0 Å². The molecule has 1 amide bonds. The molecule has 27 heavy (non-hydrogen) atoms. The Morgan fingerprint density at radius 2 is 2.00 bits per heavy atom. The van der Waals surface area contributed by atoms with Crippen molar-refractivity contribution in [3.05, 3.63) is 82.3 Å². The lowest BCUT2D eigenvalue weighted by molar-refractivity contribution is 0.0928. The third kappa shape index (κ3) is 3.73. The van der Waals surface area contributed by atoms with E-state index in [0.717, 1.165) is 21.6 Å². The molecule has 4 aromatic rings. The number of halogens is 1. The average molecular weight is 380 g/mol. The Kier molecular flexibility index (Phi) is 4.68. The summed E-state index contributed by atoms with van der Waals surface area (Å²) in [7, 11) is 0. The molecule has 0 unspecified atom stereocenters. The number of fused-ring (bicyclic) bond motifs is 1. The summed E-state index contributed by atoms with van der Waals surface area (Å²) in [5.41, 5.74) is 3.06. The number of nitrogens with one attached hydrogen (secondary N) is 1. The summed E-state index contributed by atoms with van der Waals surface area (Å²) < 4.78 is 15.3. The van der Waals surface area contributed by atoms with Crippen LogP contribution in [0.4, 0.5) is 4.39 Å². The molecule has 2 heterocycles. The van der Waals surface area contributed by atoms with E-state index in [1.54, 1.807) is 23.8 Å². The molecule has 5 nitrogen and oxygen atoms in total. The SMILES string of the molecule is Cc1nc(C(=O)N[C@@H](Cn2cnc3ccccc32)c2ccc(F)cc2)cs1. The summed E-state index contributed by atoms with van der Waals surface area (Å²) in [6.07, 6.45) is 1.75. The van der Waals surface area contributed by atoms with E-state index in [9.17, 15) is 9.18 Å². The normalized spacial score (nSPS) is 12.2. The van der Waals surface area contributed by atoms with Crippen LogP contribution in [-0.2, 0) is 6.54 Å². The number of carbonyl (C=O) groups excluding carboxylic acids is 1. The van der Waals surface area contributed by atoms with Gasteiger partial charge in [0.2, 0.25) is 0 Å². The van der Waals surface area contributed by atoms with E-state index >= 15 is 0 Å². The fraction of sp³-hybridized carbons (Fsp3) is 0.150. The monoisotopic (exact) mass is 380 g/mol. The Balaban J connectivity index is 1.65. The number of thiazole rings is 1. The maximum Gasteiger partial charge on any atom is 0.271 e. The van der Waals surface area contributed by atoms with Crippen molar-refractivity contribution in [3.8, 4) is 0 Å². The minimum absolute atomic E-state index is 0.252. The van der Waals surface area contributed by atoms with E-state index in [4.69, 9.17) is 0 Å². The van der Waals surface area contributed by atoms with Crippen LogP contribution >= 0.6 is 11.3 Å². The molecule has 0 aliphatic carbocycles. The summed E-state index contributed by atoms with van der Waals surface area (Å²) in [6, 6.07) is 13.6. The maximum atomic E-state index is 13.4. The van der Waals surface area contributed by atoms with E-state index in [1.807, 2.05) is 35.8 Å². The first-order chi connectivity index (χ1) is 13.1. The Labute approximate surface area is 159 Å². The van der Waals surface area contributed by atoms with Gasteiger partial charge in [-0.2, -0.15) is 0 Å².